The average molecular weight is 151 g/mol. The lowest BCUT2D eigenvalue weighted by molar-refractivity contribution is -0.849. The number of hydrogen-bond acceptors (Lipinski definition) is 0. The average Bonchev–Trinajstić information content (AvgIpc) is 1.88. The van der Waals surface area contributed by atoms with Crippen LogP contribution in [0.4, 0.5) is 0 Å². The van der Waals surface area contributed by atoms with Crippen LogP contribution in [0.25, 0.3) is 0 Å². The molecule has 1 aromatic carbocycles. The largest absolute Gasteiger partial charge is 0.333 e. The summed E-state index contributed by atoms with van der Waals surface area (Å²) in [5.41, 5.74) is 0. The van der Waals surface area contributed by atoms with Crippen molar-refractivity contribution < 1.29 is 4.48 Å². The first-order valence-corrected chi connectivity index (χ1v) is 3.70. The topological polar surface area (TPSA) is 0 Å². The van der Waals surface area contributed by atoms with E-state index in [0.29, 0.717) is 0 Å². The van der Waals surface area contributed by atoms with Gasteiger partial charge in [-0.25, -0.2) is 0 Å². The molecule has 1 rings (SSSR count). The highest BCUT2D eigenvalue weighted by Crippen LogP contribution is 1.78. The predicted molar refractivity (Wildman–Crippen MR) is 49.2 cm³/mol. The molecule has 11 heavy (non-hydrogen) atoms. The standard InChI is InChI=1S/C6H5.C4H12N/c1-2-4-6-5-3-1;1-5(2,3)4/h1-5H;1-4H3/q;+1. The number of benzene rings is 1. The Morgan fingerprint density at radius 2 is 1.18 bits per heavy atom. The highest BCUT2D eigenvalue weighted by Gasteiger charge is 1.88. The van der Waals surface area contributed by atoms with Gasteiger partial charge in [0.15, 0.2) is 0 Å². The Kier molecular flexibility index (Phi) is 4.55. The maximum absolute atomic E-state index is 2.89. The zero-order valence-corrected chi connectivity index (χ0v) is 7.83. The van der Waals surface area contributed by atoms with Gasteiger partial charge in [-0.1, -0.05) is 30.3 Å². The van der Waals surface area contributed by atoms with Crippen molar-refractivity contribution in [1.29, 1.82) is 0 Å². The van der Waals surface area contributed by atoms with E-state index in [-0.39, 0.29) is 0 Å². The SMILES string of the molecule is C[N+](C)(C)C.[c]1ccccc1. The molecule has 0 amide bonds. The molecule has 0 atom stereocenters. The zero-order chi connectivity index (χ0) is 8.74. The van der Waals surface area contributed by atoms with Crippen LogP contribution in [0.1, 0.15) is 0 Å². The van der Waals surface area contributed by atoms with Crippen molar-refractivity contribution >= 4 is 0 Å². The summed E-state index contributed by atoms with van der Waals surface area (Å²) < 4.78 is 1.00. The van der Waals surface area contributed by atoms with Crippen LogP contribution in [0.5, 0.6) is 0 Å². The van der Waals surface area contributed by atoms with Gasteiger partial charge < -0.3 is 4.48 Å². The van der Waals surface area contributed by atoms with Gasteiger partial charge in [0, 0.05) is 0 Å². The number of rotatable bonds is 0. The van der Waals surface area contributed by atoms with E-state index < -0.39 is 0 Å². The van der Waals surface area contributed by atoms with E-state index in [4.69, 9.17) is 0 Å². The number of hydrogen-bond donors (Lipinski definition) is 0. The Hall–Kier alpha value is -0.820. The fourth-order valence-electron chi connectivity index (χ4n) is 0.342. The van der Waals surface area contributed by atoms with Crippen LogP contribution in [0.15, 0.2) is 30.3 Å². The summed E-state index contributed by atoms with van der Waals surface area (Å²) in [6.07, 6.45) is 0. The molecule has 0 N–H and O–H groups in total. The van der Waals surface area contributed by atoms with Crippen LogP contribution < -0.4 is 0 Å². The van der Waals surface area contributed by atoms with Gasteiger partial charge in [-0.15, -0.1) is 0 Å². The first-order chi connectivity index (χ1) is 5.00. The maximum Gasteiger partial charge on any atom is 0.0675 e. The third-order valence-corrected chi connectivity index (χ3v) is 0.607. The highest BCUT2D eigenvalue weighted by atomic mass is 15.2. The minimum absolute atomic E-state index is 1.00. The molecule has 61 valence electrons. The predicted octanol–water partition coefficient (Wildman–Crippen LogP) is 1.81. The van der Waals surface area contributed by atoms with E-state index in [0.717, 1.165) is 4.48 Å². The molecule has 1 radical (unpaired) electrons. The second kappa shape index (κ2) is 4.91. The lowest BCUT2D eigenvalue weighted by Crippen LogP contribution is -2.27. The summed E-state index contributed by atoms with van der Waals surface area (Å²) in [7, 11) is 8.50. The minimum Gasteiger partial charge on any atom is -0.333 e. The van der Waals surface area contributed by atoms with E-state index >= 15 is 0 Å². The molecule has 0 unspecified atom stereocenters. The molecular formula is C10H17N+. The summed E-state index contributed by atoms with van der Waals surface area (Å²) in [4.78, 5) is 0. The van der Waals surface area contributed by atoms with Gasteiger partial charge in [-0.3, -0.25) is 0 Å². The summed E-state index contributed by atoms with van der Waals surface area (Å²) in [6, 6.07) is 12.5. The van der Waals surface area contributed by atoms with Gasteiger partial charge in [0.25, 0.3) is 0 Å². The molecule has 0 bridgehead atoms. The summed E-state index contributed by atoms with van der Waals surface area (Å²) in [5, 5.41) is 0. The Balaban J connectivity index is 0.000000187. The molecular weight excluding hydrogens is 134 g/mol. The number of quaternary nitrogens is 1. The van der Waals surface area contributed by atoms with Crippen molar-refractivity contribution in [2.24, 2.45) is 0 Å². The van der Waals surface area contributed by atoms with Gasteiger partial charge in [-0.2, -0.15) is 0 Å². The molecule has 0 spiro atoms. The van der Waals surface area contributed by atoms with E-state index in [1.54, 1.807) is 0 Å². The van der Waals surface area contributed by atoms with E-state index in [2.05, 4.69) is 34.3 Å². The Morgan fingerprint density at radius 3 is 1.27 bits per heavy atom. The third kappa shape index (κ3) is 17.6. The first kappa shape index (κ1) is 10.2. The van der Waals surface area contributed by atoms with Gasteiger partial charge in [0.1, 0.15) is 0 Å². The summed E-state index contributed by atoms with van der Waals surface area (Å²) in [6.45, 7) is 0. The van der Waals surface area contributed by atoms with Crippen molar-refractivity contribution in [1.82, 2.24) is 0 Å². The first-order valence-electron chi connectivity index (χ1n) is 3.70. The van der Waals surface area contributed by atoms with Crippen LogP contribution in [0.3, 0.4) is 0 Å². The van der Waals surface area contributed by atoms with Gasteiger partial charge in [-0.05, 0) is 6.07 Å². The van der Waals surface area contributed by atoms with Crippen LogP contribution in [0, 0.1) is 6.07 Å². The Bertz CT molecular complexity index is 129. The van der Waals surface area contributed by atoms with Crippen molar-refractivity contribution in [3.63, 3.8) is 0 Å². The molecule has 0 heterocycles. The maximum atomic E-state index is 2.89. The molecule has 0 aromatic heterocycles. The second-order valence-electron chi connectivity index (χ2n) is 3.76. The van der Waals surface area contributed by atoms with Crippen molar-refractivity contribution in [2.75, 3.05) is 28.2 Å². The lowest BCUT2D eigenvalue weighted by atomic mass is 10.4. The monoisotopic (exact) mass is 151 g/mol. The fourth-order valence-corrected chi connectivity index (χ4v) is 0.342. The highest BCUT2D eigenvalue weighted by molar-refractivity contribution is 4.97. The van der Waals surface area contributed by atoms with Crippen LogP contribution >= 0.6 is 0 Å². The summed E-state index contributed by atoms with van der Waals surface area (Å²) in [5.74, 6) is 0. The quantitative estimate of drug-likeness (QED) is 0.496. The van der Waals surface area contributed by atoms with E-state index in [1.165, 1.54) is 0 Å². The zero-order valence-electron chi connectivity index (χ0n) is 7.83. The second-order valence-corrected chi connectivity index (χ2v) is 3.76. The minimum atomic E-state index is 1.00. The van der Waals surface area contributed by atoms with Crippen LogP contribution in [0.2, 0.25) is 0 Å². The lowest BCUT2D eigenvalue weighted by Gasteiger charge is -2.14. The van der Waals surface area contributed by atoms with Crippen LogP contribution in [-0.4, -0.2) is 32.7 Å². The fraction of sp³-hybridized carbons (Fsp3) is 0.400. The summed E-state index contributed by atoms with van der Waals surface area (Å²) >= 11 is 0. The Labute approximate surface area is 69.9 Å². The molecule has 1 heteroatoms. The Morgan fingerprint density at radius 1 is 0.818 bits per heavy atom. The van der Waals surface area contributed by atoms with Gasteiger partial charge in [0.05, 0.1) is 28.2 Å². The molecule has 0 aliphatic rings. The molecule has 0 fully saturated rings. The van der Waals surface area contributed by atoms with Crippen LogP contribution in [-0.2, 0) is 0 Å². The normalized spacial score (nSPS) is 9.82. The van der Waals surface area contributed by atoms with Crippen molar-refractivity contribution in [3.8, 4) is 0 Å². The molecule has 0 saturated heterocycles. The third-order valence-electron chi connectivity index (χ3n) is 0.607. The number of nitrogens with zero attached hydrogens (tertiary/aromatic N) is 1. The van der Waals surface area contributed by atoms with Gasteiger partial charge >= 0.3 is 0 Å². The van der Waals surface area contributed by atoms with E-state index in [9.17, 15) is 0 Å². The molecule has 1 nitrogen and oxygen atoms in total. The van der Waals surface area contributed by atoms with Crippen molar-refractivity contribution in [2.45, 2.75) is 0 Å². The molecule has 0 saturated carbocycles. The molecule has 0 aliphatic carbocycles. The smallest absolute Gasteiger partial charge is 0.0675 e. The van der Waals surface area contributed by atoms with Gasteiger partial charge in [0.2, 0.25) is 0 Å². The molecule has 1 aromatic rings. The molecule has 0 aliphatic heterocycles. The van der Waals surface area contributed by atoms with Crippen molar-refractivity contribution in [3.05, 3.63) is 36.4 Å². The van der Waals surface area contributed by atoms with E-state index in [1.807, 2.05) is 30.3 Å².